The van der Waals surface area contributed by atoms with Crippen LogP contribution in [0.15, 0.2) is 21.3 Å². The molecule has 9 heteroatoms. The van der Waals surface area contributed by atoms with E-state index in [1.165, 1.54) is 0 Å². The minimum Gasteiger partial charge on any atom is -0.396 e. The highest BCUT2D eigenvalue weighted by Crippen LogP contribution is 2.31. The quantitative estimate of drug-likeness (QED) is 0.568. The summed E-state index contributed by atoms with van der Waals surface area (Å²) < 4.78 is 9.93. The lowest BCUT2D eigenvalue weighted by atomic mass is 10.0. The van der Waals surface area contributed by atoms with E-state index >= 15 is 0 Å². The van der Waals surface area contributed by atoms with Gasteiger partial charge in [-0.3, -0.25) is 0 Å². The van der Waals surface area contributed by atoms with Gasteiger partial charge in [-0.1, -0.05) is 5.16 Å². The Morgan fingerprint density at radius 1 is 0.962 bits per heavy atom. The number of aromatic nitrogens is 5. The van der Waals surface area contributed by atoms with Crippen LogP contribution in [0.1, 0.15) is 28.4 Å². The molecule has 4 heterocycles. The zero-order chi connectivity index (χ0) is 18.4. The molecule has 9 nitrogen and oxygen atoms in total. The van der Waals surface area contributed by atoms with Gasteiger partial charge in [0.1, 0.15) is 11.6 Å². The van der Waals surface area contributed by atoms with Crippen molar-refractivity contribution in [1.29, 1.82) is 0 Å². The van der Waals surface area contributed by atoms with E-state index in [1.54, 1.807) is 0 Å². The first-order valence-corrected chi connectivity index (χ1v) is 8.01. The lowest BCUT2D eigenvalue weighted by Gasteiger charge is -2.10. The molecule has 4 aromatic rings. The fraction of sp³-hybridized carbons (Fsp3) is 0.235. The van der Waals surface area contributed by atoms with Gasteiger partial charge in [-0.25, -0.2) is 14.6 Å². The summed E-state index contributed by atoms with van der Waals surface area (Å²) in [6, 6.07) is 3.82. The molecule has 0 aliphatic carbocycles. The third-order valence-corrected chi connectivity index (χ3v) is 4.40. The first-order chi connectivity index (χ1) is 12.5. The number of aryl methyl sites for hydroxylation is 3. The number of nitrogen functional groups attached to an aromatic ring is 2. The van der Waals surface area contributed by atoms with Gasteiger partial charge >= 0.3 is 0 Å². The second-order valence-corrected chi connectivity index (χ2v) is 6.14. The van der Waals surface area contributed by atoms with E-state index < -0.39 is 0 Å². The van der Waals surface area contributed by atoms with E-state index in [4.69, 9.17) is 20.6 Å². The van der Waals surface area contributed by atoms with Gasteiger partial charge in [0.05, 0.1) is 16.9 Å². The Morgan fingerprint density at radius 3 is 2.46 bits per heavy atom. The van der Waals surface area contributed by atoms with E-state index in [1.807, 2.05) is 32.9 Å². The summed E-state index contributed by atoms with van der Waals surface area (Å²) in [7, 11) is 0. The Labute approximate surface area is 148 Å². The Kier molecular flexibility index (Phi) is 3.57. The minimum atomic E-state index is 0.393. The molecule has 0 bridgehead atoms. The Balaban J connectivity index is 1.73. The van der Waals surface area contributed by atoms with E-state index in [2.05, 4.69) is 25.4 Å². The molecule has 26 heavy (non-hydrogen) atoms. The largest absolute Gasteiger partial charge is 0.396 e. The number of rotatable bonds is 3. The van der Waals surface area contributed by atoms with Gasteiger partial charge < -0.3 is 16.0 Å². The predicted molar refractivity (Wildman–Crippen MR) is 95.2 cm³/mol. The molecule has 0 aliphatic heterocycles. The number of nitrogens with zero attached hydrogens (tertiary/aromatic N) is 5. The van der Waals surface area contributed by atoms with E-state index in [-0.39, 0.29) is 0 Å². The summed E-state index contributed by atoms with van der Waals surface area (Å²) in [6.45, 7) is 5.58. The van der Waals surface area contributed by atoms with Crippen molar-refractivity contribution in [2.45, 2.75) is 27.2 Å². The molecule has 0 aromatic carbocycles. The predicted octanol–water partition coefficient (Wildman–Crippen LogP) is 2.35. The number of hydrogen-bond donors (Lipinski definition) is 2. The summed E-state index contributed by atoms with van der Waals surface area (Å²) in [6.07, 6.45) is 0.472. The van der Waals surface area contributed by atoms with Crippen LogP contribution in [0, 0.1) is 20.8 Å². The SMILES string of the molecule is Cc1nc2nonc2c(N)c1Cc1ccc(-c2c(C)noc2C)c(N)n1. The molecular weight excluding hydrogens is 334 g/mol. The van der Waals surface area contributed by atoms with E-state index in [9.17, 15) is 0 Å². The number of nitrogens with two attached hydrogens (primary N) is 2. The molecule has 4 aromatic heterocycles. The standard InChI is InChI=1S/C17H17N7O2/c1-7-12(14(18)15-17(20-7)24-26-23-15)6-10-4-5-11(16(19)21-10)13-8(2)22-25-9(13)3/h4-5H,6,18H2,1-3H3,(H2,19,21). The highest BCUT2D eigenvalue weighted by molar-refractivity contribution is 5.85. The number of hydrogen-bond acceptors (Lipinski definition) is 9. The molecule has 4 rings (SSSR count). The molecule has 0 radical (unpaired) electrons. The van der Waals surface area contributed by atoms with Gasteiger partial charge in [-0.2, -0.15) is 0 Å². The van der Waals surface area contributed by atoms with E-state index in [0.717, 1.165) is 33.8 Å². The van der Waals surface area contributed by atoms with Gasteiger partial charge in [0.2, 0.25) is 5.65 Å². The van der Waals surface area contributed by atoms with Crippen molar-refractivity contribution in [3.05, 3.63) is 40.5 Å². The maximum absolute atomic E-state index is 6.21. The van der Waals surface area contributed by atoms with Crippen molar-refractivity contribution in [2.75, 3.05) is 11.5 Å². The first-order valence-electron chi connectivity index (χ1n) is 8.01. The van der Waals surface area contributed by atoms with Crippen LogP contribution in [0.3, 0.4) is 0 Å². The number of pyridine rings is 2. The van der Waals surface area contributed by atoms with Crippen molar-refractivity contribution in [1.82, 2.24) is 25.4 Å². The van der Waals surface area contributed by atoms with E-state index in [0.29, 0.717) is 34.9 Å². The third-order valence-electron chi connectivity index (χ3n) is 4.40. The molecule has 132 valence electrons. The minimum absolute atomic E-state index is 0.393. The van der Waals surface area contributed by atoms with Crippen LogP contribution < -0.4 is 11.5 Å². The smallest absolute Gasteiger partial charge is 0.226 e. The zero-order valence-electron chi connectivity index (χ0n) is 14.6. The Bertz CT molecular complexity index is 1110. The summed E-state index contributed by atoms with van der Waals surface area (Å²) in [4.78, 5) is 8.89. The second kappa shape index (κ2) is 5.80. The van der Waals surface area contributed by atoms with Crippen molar-refractivity contribution >= 4 is 22.7 Å². The van der Waals surface area contributed by atoms with Crippen molar-refractivity contribution < 1.29 is 9.15 Å². The molecule has 0 atom stereocenters. The molecule has 0 saturated carbocycles. The lowest BCUT2D eigenvalue weighted by Crippen LogP contribution is -2.05. The molecular formula is C17H17N7O2. The lowest BCUT2D eigenvalue weighted by molar-refractivity contribution is 0.315. The van der Waals surface area contributed by atoms with Crippen LogP contribution in [0.4, 0.5) is 11.5 Å². The van der Waals surface area contributed by atoms with Crippen LogP contribution in [0.25, 0.3) is 22.3 Å². The molecule has 0 saturated heterocycles. The number of fused-ring (bicyclic) bond motifs is 1. The van der Waals surface area contributed by atoms with Gasteiger partial charge in [0, 0.05) is 28.9 Å². The average Bonchev–Trinajstić information content (AvgIpc) is 3.19. The maximum atomic E-state index is 6.21. The molecule has 0 unspecified atom stereocenters. The summed E-state index contributed by atoms with van der Waals surface area (Å²) in [5.41, 5.74) is 18.5. The van der Waals surface area contributed by atoms with Gasteiger partial charge in [0.15, 0.2) is 5.52 Å². The van der Waals surface area contributed by atoms with Crippen LogP contribution in [-0.2, 0) is 6.42 Å². The maximum Gasteiger partial charge on any atom is 0.226 e. The molecule has 4 N–H and O–H groups in total. The van der Waals surface area contributed by atoms with Gasteiger partial charge in [0.25, 0.3) is 0 Å². The monoisotopic (exact) mass is 351 g/mol. The molecule has 0 amide bonds. The first kappa shape index (κ1) is 16.0. The molecule has 0 spiro atoms. The third kappa shape index (κ3) is 2.44. The normalized spacial score (nSPS) is 11.3. The van der Waals surface area contributed by atoms with Crippen LogP contribution in [0.2, 0.25) is 0 Å². The van der Waals surface area contributed by atoms with Crippen molar-refractivity contribution in [3.63, 3.8) is 0 Å². The summed E-state index contributed by atoms with van der Waals surface area (Å²) >= 11 is 0. The Morgan fingerprint density at radius 2 is 1.77 bits per heavy atom. The fourth-order valence-electron chi connectivity index (χ4n) is 3.09. The van der Waals surface area contributed by atoms with Crippen molar-refractivity contribution in [3.8, 4) is 11.1 Å². The topological polar surface area (TPSA) is 143 Å². The van der Waals surface area contributed by atoms with Gasteiger partial charge in [-0.15, -0.1) is 0 Å². The van der Waals surface area contributed by atoms with Crippen molar-refractivity contribution in [2.24, 2.45) is 0 Å². The average molecular weight is 351 g/mol. The van der Waals surface area contributed by atoms with Crippen LogP contribution in [-0.4, -0.2) is 25.4 Å². The molecule has 0 aliphatic rings. The van der Waals surface area contributed by atoms with Gasteiger partial charge in [-0.05, 0) is 43.2 Å². The highest BCUT2D eigenvalue weighted by atomic mass is 16.6. The highest BCUT2D eigenvalue weighted by Gasteiger charge is 2.18. The van der Waals surface area contributed by atoms with Crippen LogP contribution >= 0.6 is 0 Å². The zero-order valence-corrected chi connectivity index (χ0v) is 14.6. The van der Waals surface area contributed by atoms with Crippen LogP contribution in [0.5, 0.6) is 0 Å². The fourth-order valence-corrected chi connectivity index (χ4v) is 3.09. The Hall–Kier alpha value is -3.49. The number of anilines is 2. The molecule has 0 fully saturated rings. The summed E-state index contributed by atoms with van der Waals surface area (Å²) in [5, 5.41) is 11.5. The summed E-state index contributed by atoms with van der Waals surface area (Å²) in [5.74, 6) is 1.11. The second-order valence-electron chi connectivity index (χ2n) is 6.14.